The molecule has 5 heteroatoms. The summed E-state index contributed by atoms with van der Waals surface area (Å²) in [5, 5.41) is 5.49. The van der Waals surface area contributed by atoms with E-state index in [1.54, 1.807) is 0 Å². The Morgan fingerprint density at radius 3 is 2.23 bits per heavy atom. The molecule has 0 fully saturated rings. The van der Waals surface area contributed by atoms with Gasteiger partial charge in [-0.15, -0.1) is 0 Å². The van der Waals surface area contributed by atoms with Gasteiger partial charge in [0, 0.05) is 5.69 Å². The fourth-order valence-electron chi connectivity index (χ4n) is 2.17. The number of para-hydroxylation sites is 1. The molecule has 0 aromatic heterocycles. The maximum absolute atomic E-state index is 12.2. The van der Waals surface area contributed by atoms with Crippen LogP contribution in [0.3, 0.4) is 0 Å². The number of anilines is 1. The SMILES string of the molecule is COC(=O)C(NC(=O)Nc1ccccc1C(C)(C)C)C(C)C. The topological polar surface area (TPSA) is 67.4 Å². The molecule has 22 heavy (non-hydrogen) atoms. The Bertz CT molecular complexity index is 533. The molecule has 0 aliphatic carbocycles. The lowest BCUT2D eigenvalue weighted by molar-refractivity contribution is -0.143. The molecule has 0 heterocycles. The molecule has 0 aliphatic heterocycles. The summed E-state index contributed by atoms with van der Waals surface area (Å²) >= 11 is 0. The van der Waals surface area contributed by atoms with Crippen LogP contribution in [0.4, 0.5) is 10.5 Å². The second kappa shape index (κ2) is 7.29. The standard InChI is InChI=1S/C17H26N2O3/c1-11(2)14(15(20)22-6)19-16(21)18-13-10-8-7-9-12(13)17(3,4)5/h7-11,14H,1-6H3,(H2,18,19,21). The van der Waals surface area contributed by atoms with E-state index in [1.165, 1.54) is 7.11 Å². The number of esters is 1. The van der Waals surface area contributed by atoms with Crippen LogP contribution in [0.5, 0.6) is 0 Å². The normalized spacial score (nSPS) is 12.7. The third-order valence-electron chi connectivity index (χ3n) is 3.39. The lowest BCUT2D eigenvalue weighted by atomic mass is 9.86. The molecule has 0 bridgehead atoms. The third kappa shape index (κ3) is 4.76. The number of rotatable bonds is 4. The smallest absolute Gasteiger partial charge is 0.328 e. The molecule has 2 amide bonds. The molecule has 1 aromatic carbocycles. The molecule has 122 valence electrons. The number of carbonyl (C=O) groups excluding carboxylic acids is 2. The summed E-state index contributed by atoms with van der Waals surface area (Å²) < 4.78 is 4.72. The van der Waals surface area contributed by atoms with Crippen LogP contribution in [0.15, 0.2) is 24.3 Å². The van der Waals surface area contributed by atoms with E-state index in [0.29, 0.717) is 0 Å². The summed E-state index contributed by atoms with van der Waals surface area (Å²) in [7, 11) is 1.31. The number of benzene rings is 1. The van der Waals surface area contributed by atoms with Gasteiger partial charge in [0.05, 0.1) is 7.11 Å². The molecule has 1 rings (SSSR count). The molecule has 0 radical (unpaired) electrons. The van der Waals surface area contributed by atoms with E-state index in [0.717, 1.165) is 11.3 Å². The Morgan fingerprint density at radius 1 is 1.14 bits per heavy atom. The summed E-state index contributed by atoms with van der Waals surface area (Å²) in [6, 6.07) is 6.55. The molecular weight excluding hydrogens is 280 g/mol. The Morgan fingerprint density at radius 2 is 1.73 bits per heavy atom. The van der Waals surface area contributed by atoms with Gasteiger partial charge >= 0.3 is 12.0 Å². The molecule has 5 nitrogen and oxygen atoms in total. The average Bonchev–Trinajstić information content (AvgIpc) is 2.43. The molecule has 0 spiro atoms. The second-order valence-corrected chi connectivity index (χ2v) is 6.64. The number of hydrogen-bond donors (Lipinski definition) is 2. The van der Waals surface area contributed by atoms with Gasteiger partial charge in [-0.1, -0.05) is 52.8 Å². The van der Waals surface area contributed by atoms with E-state index >= 15 is 0 Å². The van der Waals surface area contributed by atoms with Gasteiger partial charge < -0.3 is 15.4 Å². The Labute approximate surface area is 132 Å². The first kappa shape index (κ1) is 18.0. The first-order chi connectivity index (χ1) is 10.2. The monoisotopic (exact) mass is 306 g/mol. The zero-order valence-electron chi connectivity index (χ0n) is 14.2. The van der Waals surface area contributed by atoms with Gasteiger partial charge in [-0.2, -0.15) is 0 Å². The Balaban J connectivity index is 2.88. The van der Waals surface area contributed by atoms with Crippen LogP contribution in [-0.2, 0) is 14.9 Å². The maximum atomic E-state index is 12.2. The van der Waals surface area contributed by atoms with Crippen molar-refractivity contribution in [1.29, 1.82) is 0 Å². The lowest BCUT2D eigenvalue weighted by Crippen LogP contribution is -2.46. The van der Waals surface area contributed by atoms with Crippen LogP contribution in [0, 0.1) is 5.92 Å². The number of hydrogen-bond acceptors (Lipinski definition) is 3. The molecule has 0 aliphatic rings. The number of nitrogens with one attached hydrogen (secondary N) is 2. The van der Waals surface area contributed by atoms with Crippen molar-refractivity contribution >= 4 is 17.7 Å². The minimum Gasteiger partial charge on any atom is -0.467 e. The van der Waals surface area contributed by atoms with Crippen molar-refractivity contribution in [3.05, 3.63) is 29.8 Å². The van der Waals surface area contributed by atoms with E-state index in [-0.39, 0.29) is 11.3 Å². The second-order valence-electron chi connectivity index (χ2n) is 6.64. The van der Waals surface area contributed by atoms with Crippen LogP contribution < -0.4 is 10.6 Å². The highest BCUT2D eigenvalue weighted by Gasteiger charge is 2.25. The van der Waals surface area contributed by atoms with Gasteiger partial charge in [-0.25, -0.2) is 9.59 Å². The largest absolute Gasteiger partial charge is 0.467 e. The number of carbonyl (C=O) groups is 2. The number of ether oxygens (including phenoxy) is 1. The van der Waals surface area contributed by atoms with Gasteiger partial charge in [-0.05, 0) is 23.0 Å². The zero-order valence-corrected chi connectivity index (χ0v) is 14.2. The fourth-order valence-corrected chi connectivity index (χ4v) is 2.17. The molecule has 0 saturated carbocycles. The molecule has 1 aromatic rings. The predicted octanol–water partition coefficient (Wildman–Crippen LogP) is 3.30. The Kier molecular flexibility index (Phi) is 5.97. The highest BCUT2D eigenvalue weighted by Crippen LogP contribution is 2.29. The van der Waals surface area contributed by atoms with Crippen molar-refractivity contribution in [1.82, 2.24) is 5.32 Å². The third-order valence-corrected chi connectivity index (χ3v) is 3.39. The van der Waals surface area contributed by atoms with E-state index in [1.807, 2.05) is 38.1 Å². The number of urea groups is 1. The van der Waals surface area contributed by atoms with Crippen LogP contribution in [0.25, 0.3) is 0 Å². The van der Waals surface area contributed by atoms with Crippen LogP contribution in [0.1, 0.15) is 40.2 Å². The fraction of sp³-hybridized carbons (Fsp3) is 0.529. The van der Waals surface area contributed by atoms with Crippen molar-refractivity contribution in [2.24, 2.45) is 5.92 Å². The molecule has 0 saturated heterocycles. The van der Waals surface area contributed by atoms with Crippen LogP contribution in [-0.4, -0.2) is 25.2 Å². The van der Waals surface area contributed by atoms with Crippen molar-refractivity contribution in [3.8, 4) is 0 Å². The molecule has 1 atom stereocenters. The van der Waals surface area contributed by atoms with E-state index in [4.69, 9.17) is 4.74 Å². The predicted molar refractivity (Wildman–Crippen MR) is 87.9 cm³/mol. The van der Waals surface area contributed by atoms with E-state index in [9.17, 15) is 9.59 Å². The van der Waals surface area contributed by atoms with Crippen LogP contribution in [0.2, 0.25) is 0 Å². The first-order valence-electron chi connectivity index (χ1n) is 7.41. The van der Waals surface area contributed by atoms with E-state index < -0.39 is 18.0 Å². The van der Waals surface area contributed by atoms with Gasteiger partial charge in [0.25, 0.3) is 0 Å². The summed E-state index contributed by atoms with van der Waals surface area (Å²) in [5.41, 5.74) is 1.67. The molecule has 2 N–H and O–H groups in total. The summed E-state index contributed by atoms with van der Waals surface area (Å²) in [5.74, 6) is -0.509. The minimum absolute atomic E-state index is 0.0592. The maximum Gasteiger partial charge on any atom is 0.328 e. The summed E-state index contributed by atoms with van der Waals surface area (Å²) in [6.07, 6.45) is 0. The number of methoxy groups -OCH3 is 1. The van der Waals surface area contributed by atoms with Gasteiger partial charge in [-0.3, -0.25) is 0 Å². The molecular formula is C17H26N2O3. The summed E-state index contributed by atoms with van der Waals surface area (Å²) in [6.45, 7) is 9.94. The van der Waals surface area contributed by atoms with Crippen molar-refractivity contribution < 1.29 is 14.3 Å². The van der Waals surface area contributed by atoms with Crippen molar-refractivity contribution in [3.63, 3.8) is 0 Å². The van der Waals surface area contributed by atoms with Gasteiger partial charge in [0.2, 0.25) is 0 Å². The average molecular weight is 306 g/mol. The van der Waals surface area contributed by atoms with E-state index in [2.05, 4.69) is 31.4 Å². The van der Waals surface area contributed by atoms with Crippen molar-refractivity contribution in [2.75, 3.05) is 12.4 Å². The molecule has 1 unspecified atom stereocenters. The highest BCUT2D eigenvalue weighted by molar-refractivity contribution is 5.93. The Hall–Kier alpha value is -2.04. The van der Waals surface area contributed by atoms with Gasteiger partial charge in [0.1, 0.15) is 6.04 Å². The number of amides is 2. The first-order valence-corrected chi connectivity index (χ1v) is 7.41. The minimum atomic E-state index is -0.674. The summed E-state index contributed by atoms with van der Waals surface area (Å²) in [4.78, 5) is 23.9. The highest BCUT2D eigenvalue weighted by atomic mass is 16.5. The lowest BCUT2D eigenvalue weighted by Gasteiger charge is -2.24. The zero-order chi connectivity index (χ0) is 16.9. The van der Waals surface area contributed by atoms with Crippen LogP contribution >= 0.6 is 0 Å². The van der Waals surface area contributed by atoms with Gasteiger partial charge in [0.15, 0.2) is 0 Å². The van der Waals surface area contributed by atoms with Crippen molar-refractivity contribution in [2.45, 2.75) is 46.1 Å². The quantitative estimate of drug-likeness (QED) is 0.839.